The molecular weight excluding hydrogens is 212 g/mol. The van der Waals surface area contributed by atoms with Crippen LogP contribution in [0, 0.1) is 11.8 Å². The maximum atomic E-state index is 5.97. The molecule has 0 aliphatic heterocycles. The van der Waals surface area contributed by atoms with Crippen LogP contribution in [-0.4, -0.2) is 8.32 Å². The lowest BCUT2D eigenvalue weighted by atomic mass is 9.90. The zero-order chi connectivity index (χ0) is 12.8. The van der Waals surface area contributed by atoms with Crippen LogP contribution in [0.5, 0.6) is 0 Å². The van der Waals surface area contributed by atoms with Crippen LogP contribution in [0.15, 0.2) is 24.5 Å². The van der Waals surface area contributed by atoms with Crippen molar-refractivity contribution in [1.29, 1.82) is 0 Å². The molecule has 1 unspecified atom stereocenters. The Morgan fingerprint density at radius 1 is 1.31 bits per heavy atom. The van der Waals surface area contributed by atoms with Crippen molar-refractivity contribution < 1.29 is 4.43 Å². The zero-order valence-electron chi connectivity index (χ0n) is 11.8. The highest BCUT2D eigenvalue weighted by molar-refractivity contribution is 6.70. The van der Waals surface area contributed by atoms with Gasteiger partial charge >= 0.3 is 0 Å². The van der Waals surface area contributed by atoms with Gasteiger partial charge in [0, 0.05) is 0 Å². The van der Waals surface area contributed by atoms with Crippen LogP contribution >= 0.6 is 0 Å². The minimum Gasteiger partial charge on any atom is -0.548 e. The van der Waals surface area contributed by atoms with Gasteiger partial charge in [0.2, 0.25) is 8.32 Å². The van der Waals surface area contributed by atoms with Crippen molar-refractivity contribution in [3.8, 4) is 0 Å². The van der Waals surface area contributed by atoms with Gasteiger partial charge in [-0.25, -0.2) is 0 Å². The molecule has 0 rings (SSSR count). The molecular formula is C14H28OSi. The number of rotatable bonds is 7. The number of allylic oxidation sites excluding steroid dienone is 3. The van der Waals surface area contributed by atoms with E-state index in [-0.39, 0.29) is 0 Å². The van der Waals surface area contributed by atoms with Crippen LogP contribution in [-0.2, 0) is 4.43 Å². The Morgan fingerprint density at radius 3 is 2.25 bits per heavy atom. The molecule has 2 heteroatoms. The van der Waals surface area contributed by atoms with Crippen LogP contribution in [0.1, 0.15) is 33.6 Å². The standard InChI is InChI=1S/C14H28OSi/c1-8-9-10-14(12(2)3)11-13(4)15-16(5,6)7/h8,11-12,14H,1,9-10H2,2-7H3/b13-11+. The molecule has 0 radical (unpaired) electrons. The summed E-state index contributed by atoms with van der Waals surface area (Å²) in [6.07, 6.45) is 6.55. The van der Waals surface area contributed by atoms with Gasteiger partial charge in [-0.15, -0.1) is 6.58 Å². The first-order valence-electron chi connectivity index (χ1n) is 6.24. The summed E-state index contributed by atoms with van der Waals surface area (Å²) in [6, 6.07) is 0. The van der Waals surface area contributed by atoms with Crippen molar-refractivity contribution in [3.05, 3.63) is 24.5 Å². The molecule has 0 aliphatic rings. The highest BCUT2D eigenvalue weighted by Gasteiger charge is 2.17. The quantitative estimate of drug-likeness (QED) is 0.346. The van der Waals surface area contributed by atoms with E-state index in [1.165, 1.54) is 6.42 Å². The Hall–Kier alpha value is -0.503. The summed E-state index contributed by atoms with van der Waals surface area (Å²) in [4.78, 5) is 0. The van der Waals surface area contributed by atoms with E-state index in [9.17, 15) is 0 Å². The molecule has 0 heterocycles. The predicted molar refractivity (Wildman–Crippen MR) is 75.9 cm³/mol. The SMILES string of the molecule is C=CCCC(/C=C(\C)O[Si](C)(C)C)C(C)C. The van der Waals surface area contributed by atoms with Crippen molar-refractivity contribution in [1.82, 2.24) is 0 Å². The summed E-state index contributed by atoms with van der Waals surface area (Å²) in [5.41, 5.74) is 0. The third kappa shape index (κ3) is 7.75. The number of hydrogen-bond acceptors (Lipinski definition) is 1. The smallest absolute Gasteiger partial charge is 0.241 e. The summed E-state index contributed by atoms with van der Waals surface area (Å²) in [5, 5.41) is 0. The Bertz CT molecular complexity index is 236. The van der Waals surface area contributed by atoms with Gasteiger partial charge in [0.15, 0.2) is 0 Å². The topological polar surface area (TPSA) is 9.23 Å². The summed E-state index contributed by atoms with van der Waals surface area (Å²) in [6.45, 7) is 17.1. The Balaban J connectivity index is 4.45. The monoisotopic (exact) mass is 240 g/mol. The van der Waals surface area contributed by atoms with Gasteiger partial charge in [-0.1, -0.05) is 19.9 Å². The minimum atomic E-state index is -1.44. The van der Waals surface area contributed by atoms with Crippen LogP contribution in [0.3, 0.4) is 0 Å². The first-order valence-corrected chi connectivity index (χ1v) is 9.65. The van der Waals surface area contributed by atoms with Gasteiger partial charge in [-0.05, 0) is 57.3 Å². The Kier molecular flexibility index (Phi) is 6.73. The molecule has 0 spiro atoms. The average Bonchev–Trinajstić information content (AvgIpc) is 2.08. The van der Waals surface area contributed by atoms with Crippen molar-refractivity contribution in [2.45, 2.75) is 53.3 Å². The van der Waals surface area contributed by atoms with Gasteiger partial charge in [0.25, 0.3) is 0 Å². The van der Waals surface area contributed by atoms with E-state index in [1.54, 1.807) is 0 Å². The van der Waals surface area contributed by atoms with E-state index in [1.807, 2.05) is 6.08 Å². The number of hydrogen-bond donors (Lipinski definition) is 0. The molecule has 0 amide bonds. The van der Waals surface area contributed by atoms with Crippen molar-refractivity contribution in [3.63, 3.8) is 0 Å². The second-order valence-electron chi connectivity index (χ2n) is 5.77. The Morgan fingerprint density at radius 2 is 1.88 bits per heavy atom. The lowest BCUT2D eigenvalue weighted by Crippen LogP contribution is -2.24. The third-order valence-electron chi connectivity index (χ3n) is 2.48. The van der Waals surface area contributed by atoms with E-state index in [4.69, 9.17) is 4.43 Å². The van der Waals surface area contributed by atoms with Gasteiger partial charge in [-0.2, -0.15) is 0 Å². The molecule has 1 nitrogen and oxygen atoms in total. The van der Waals surface area contributed by atoms with Crippen LogP contribution < -0.4 is 0 Å². The van der Waals surface area contributed by atoms with Crippen LogP contribution in [0.2, 0.25) is 19.6 Å². The fourth-order valence-electron chi connectivity index (χ4n) is 1.74. The molecule has 0 saturated heterocycles. The first-order chi connectivity index (χ1) is 7.26. The largest absolute Gasteiger partial charge is 0.548 e. The van der Waals surface area contributed by atoms with Crippen molar-refractivity contribution in [2.75, 3.05) is 0 Å². The Labute approximate surface area is 103 Å². The van der Waals surface area contributed by atoms with Crippen molar-refractivity contribution >= 4 is 8.32 Å². The van der Waals surface area contributed by atoms with E-state index in [0.717, 1.165) is 12.2 Å². The van der Waals surface area contributed by atoms with Crippen LogP contribution in [0.25, 0.3) is 0 Å². The average molecular weight is 240 g/mol. The molecule has 0 aliphatic carbocycles. The van der Waals surface area contributed by atoms with Gasteiger partial charge in [0.05, 0.1) is 5.76 Å². The van der Waals surface area contributed by atoms with E-state index in [0.29, 0.717) is 11.8 Å². The first kappa shape index (κ1) is 15.5. The molecule has 0 saturated carbocycles. The second-order valence-corrected chi connectivity index (χ2v) is 10.2. The highest BCUT2D eigenvalue weighted by Crippen LogP contribution is 2.22. The van der Waals surface area contributed by atoms with Gasteiger partial charge < -0.3 is 4.43 Å². The summed E-state index contributed by atoms with van der Waals surface area (Å²) in [7, 11) is -1.44. The molecule has 94 valence electrons. The van der Waals surface area contributed by atoms with E-state index >= 15 is 0 Å². The highest BCUT2D eigenvalue weighted by atomic mass is 28.4. The molecule has 0 fully saturated rings. The molecule has 0 N–H and O–H groups in total. The van der Waals surface area contributed by atoms with E-state index < -0.39 is 8.32 Å². The minimum absolute atomic E-state index is 0.606. The fourth-order valence-corrected chi connectivity index (χ4v) is 2.77. The van der Waals surface area contributed by atoms with Crippen molar-refractivity contribution in [2.24, 2.45) is 11.8 Å². The summed E-state index contributed by atoms with van der Waals surface area (Å²) in [5.74, 6) is 2.37. The molecule has 0 aromatic heterocycles. The lowest BCUT2D eigenvalue weighted by molar-refractivity contribution is 0.387. The predicted octanol–water partition coefficient (Wildman–Crippen LogP) is 4.98. The van der Waals surface area contributed by atoms with Crippen LogP contribution in [0.4, 0.5) is 0 Å². The van der Waals surface area contributed by atoms with E-state index in [2.05, 4.69) is 53.1 Å². The second kappa shape index (κ2) is 6.95. The maximum absolute atomic E-state index is 5.97. The zero-order valence-corrected chi connectivity index (χ0v) is 12.8. The van der Waals surface area contributed by atoms with Gasteiger partial charge in [0.1, 0.15) is 0 Å². The molecule has 1 atom stereocenters. The molecule has 0 aromatic carbocycles. The molecule has 16 heavy (non-hydrogen) atoms. The summed E-state index contributed by atoms with van der Waals surface area (Å²) >= 11 is 0. The third-order valence-corrected chi connectivity index (χ3v) is 3.41. The fraction of sp³-hybridized carbons (Fsp3) is 0.714. The lowest BCUT2D eigenvalue weighted by Gasteiger charge is -2.23. The molecule has 0 aromatic rings. The van der Waals surface area contributed by atoms with Gasteiger partial charge in [-0.3, -0.25) is 0 Å². The molecule has 0 bridgehead atoms. The summed E-state index contributed by atoms with van der Waals surface area (Å²) < 4.78 is 5.97. The maximum Gasteiger partial charge on any atom is 0.241 e. The normalized spacial score (nSPS) is 15.1.